The zero-order valence-corrected chi connectivity index (χ0v) is 25.2. The Hall–Kier alpha value is -4.89. The number of carboxylic acid groups (broad SMARTS) is 1. The van der Waals surface area contributed by atoms with Crippen LogP contribution in [0.15, 0.2) is 91.0 Å². The number of rotatable bonds is 13. The molecule has 4 unspecified atom stereocenters. The summed E-state index contributed by atoms with van der Waals surface area (Å²) in [6.07, 6.45) is 11.4. The van der Waals surface area contributed by atoms with Crippen molar-refractivity contribution in [1.29, 1.82) is 0 Å². The summed E-state index contributed by atoms with van der Waals surface area (Å²) in [5.74, 6) is -4.20. The monoisotopic (exact) mass is 607 g/mol. The van der Waals surface area contributed by atoms with E-state index in [1.807, 2.05) is 78.9 Å². The Balaban J connectivity index is 1.46. The number of imide groups is 1. The lowest BCUT2D eigenvalue weighted by atomic mass is 9.76. The van der Waals surface area contributed by atoms with Crippen LogP contribution in [-0.2, 0) is 20.8 Å². The maximum Gasteiger partial charge on any atom is 0.325 e. The van der Waals surface area contributed by atoms with Crippen LogP contribution in [0.2, 0.25) is 0 Å². The highest BCUT2D eigenvalue weighted by molar-refractivity contribution is 6.09. The highest BCUT2D eigenvalue weighted by atomic mass is 16.6. The molecule has 0 aliphatic carbocycles. The molecule has 2 aliphatic rings. The minimum Gasteiger partial charge on any atom is -0.480 e. The van der Waals surface area contributed by atoms with Crippen molar-refractivity contribution in [3.05, 3.63) is 123 Å². The number of nitro benzene ring substituents is 1. The third kappa shape index (κ3) is 6.63. The molecule has 2 amide bonds. The van der Waals surface area contributed by atoms with Crippen molar-refractivity contribution >= 4 is 35.6 Å². The molecule has 3 aromatic rings. The largest absolute Gasteiger partial charge is 0.480 e. The molecule has 0 radical (unpaired) electrons. The number of nitro groups is 1. The van der Waals surface area contributed by atoms with Gasteiger partial charge in [-0.15, -0.1) is 0 Å². The Morgan fingerprint density at radius 1 is 0.933 bits per heavy atom. The number of hydrogen-bond acceptors (Lipinski definition) is 6. The van der Waals surface area contributed by atoms with Gasteiger partial charge in [0.05, 0.1) is 16.8 Å². The number of nitrogens with one attached hydrogen (secondary N) is 1. The molecule has 0 aromatic heterocycles. The van der Waals surface area contributed by atoms with Crippen LogP contribution < -0.4 is 5.32 Å². The topological polar surface area (TPSA) is 130 Å². The van der Waals surface area contributed by atoms with Crippen LogP contribution in [0, 0.1) is 22.0 Å². The Kier molecular flexibility index (Phi) is 9.68. The SMILES string of the molecule is CCCC/C=C/CCN1C(=O)C2C(c3ccc(/C=C/c4ccccc4)cc3)NC(Cc3ccc([N+](=O)[O-])cc3)(C(=O)O)C2C1=O. The van der Waals surface area contributed by atoms with Crippen LogP contribution in [0.3, 0.4) is 0 Å². The van der Waals surface area contributed by atoms with Gasteiger partial charge in [0, 0.05) is 31.1 Å². The summed E-state index contributed by atoms with van der Waals surface area (Å²) in [6.45, 7) is 2.29. The number of amides is 2. The number of nitrogens with zero attached hydrogens (tertiary/aromatic N) is 2. The predicted octanol–water partition coefficient (Wildman–Crippen LogP) is 6.21. The molecule has 2 heterocycles. The maximum atomic E-state index is 13.9. The molecule has 3 aromatic carbocycles. The average molecular weight is 608 g/mol. The normalized spacial score (nSPS) is 22.9. The van der Waals surface area contributed by atoms with Gasteiger partial charge >= 0.3 is 5.97 Å². The third-order valence-corrected chi connectivity index (χ3v) is 8.73. The molecule has 0 bridgehead atoms. The summed E-state index contributed by atoms with van der Waals surface area (Å²) in [5.41, 5.74) is 1.28. The van der Waals surface area contributed by atoms with Gasteiger partial charge < -0.3 is 5.11 Å². The van der Waals surface area contributed by atoms with Gasteiger partial charge in [-0.2, -0.15) is 0 Å². The molecule has 0 spiro atoms. The van der Waals surface area contributed by atoms with Gasteiger partial charge in [0.25, 0.3) is 5.69 Å². The predicted molar refractivity (Wildman–Crippen MR) is 172 cm³/mol. The summed E-state index contributed by atoms with van der Waals surface area (Å²) in [4.78, 5) is 52.9. The number of likely N-dealkylation sites (tertiary alicyclic amines) is 1. The number of unbranched alkanes of at least 4 members (excludes halogenated alkanes) is 2. The van der Waals surface area contributed by atoms with Crippen molar-refractivity contribution in [2.45, 2.75) is 50.6 Å². The molecule has 0 saturated carbocycles. The van der Waals surface area contributed by atoms with E-state index in [1.54, 1.807) is 0 Å². The molecule has 9 heteroatoms. The van der Waals surface area contributed by atoms with Crippen LogP contribution in [0.25, 0.3) is 12.2 Å². The van der Waals surface area contributed by atoms with Crippen LogP contribution in [-0.4, -0.2) is 44.8 Å². The van der Waals surface area contributed by atoms with E-state index in [0.29, 0.717) is 17.5 Å². The van der Waals surface area contributed by atoms with Gasteiger partial charge in [0.2, 0.25) is 11.8 Å². The standard InChI is InChI=1S/C36H37N3O6/c1-2-3-4-5-6-10-23-38-33(40)30-31(34(38)41)36(35(42)43,24-27-17-21-29(22-18-27)39(44)45)37-32(30)28-19-15-26(16-20-28)14-13-25-11-8-7-9-12-25/h5-9,11-22,30-32,37H,2-4,10,23-24H2,1H3,(H,42,43)/b6-5+,14-13+. The van der Waals surface area contributed by atoms with Gasteiger partial charge in [-0.3, -0.25) is 34.7 Å². The summed E-state index contributed by atoms with van der Waals surface area (Å²) in [6, 6.07) is 22.3. The highest BCUT2D eigenvalue weighted by Gasteiger charge is 2.68. The van der Waals surface area contributed by atoms with Crippen molar-refractivity contribution in [2.24, 2.45) is 11.8 Å². The van der Waals surface area contributed by atoms with Gasteiger partial charge in [-0.25, -0.2) is 0 Å². The third-order valence-electron chi connectivity index (χ3n) is 8.73. The second-order valence-electron chi connectivity index (χ2n) is 11.6. The van der Waals surface area contributed by atoms with Gasteiger partial charge in [0.15, 0.2) is 0 Å². The zero-order chi connectivity index (χ0) is 32.0. The first-order valence-electron chi connectivity index (χ1n) is 15.3. The minimum absolute atomic E-state index is 0.120. The Morgan fingerprint density at radius 3 is 2.20 bits per heavy atom. The fraction of sp³-hybridized carbons (Fsp3) is 0.306. The smallest absolute Gasteiger partial charge is 0.325 e. The van der Waals surface area contributed by atoms with Gasteiger partial charge in [-0.05, 0) is 35.1 Å². The lowest BCUT2D eigenvalue weighted by Crippen LogP contribution is -2.57. The van der Waals surface area contributed by atoms with Crippen LogP contribution in [0.4, 0.5) is 5.69 Å². The number of fused-ring (bicyclic) bond motifs is 1. The molecule has 2 N–H and O–H groups in total. The van der Waals surface area contributed by atoms with Crippen LogP contribution in [0.1, 0.15) is 60.9 Å². The van der Waals surface area contributed by atoms with Crippen LogP contribution in [0.5, 0.6) is 0 Å². The summed E-state index contributed by atoms with van der Waals surface area (Å²) < 4.78 is 0. The maximum absolute atomic E-state index is 13.9. The molecule has 4 atom stereocenters. The van der Waals surface area contributed by atoms with Crippen LogP contribution >= 0.6 is 0 Å². The fourth-order valence-corrected chi connectivity index (χ4v) is 6.39. The molecular formula is C36H37N3O6. The first kappa shape index (κ1) is 31.5. The van der Waals surface area contributed by atoms with E-state index < -0.39 is 40.2 Å². The number of carbonyl (C=O) groups excluding carboxylic acids is 2. The second kappa shape index (κ2) is 13.8. The Morgan fingerprint density at radius 2 is 1.58 bits per heavy atom. The number of carboxylic acids is 1. The number of aliphatic carboxylic acids is 1. The van der Waals surface area contributed by atoms with Crippen molar-refractivity contribution < 1.29 is 24.4 Å². The number of benzene rings is 3. The van der Waals surface area contributed by atoms with E-state index >= 15 is 0 Å². The summed E-state index contributed by atoms with van der Waals surface area (Å²) in [5, 5.41) is 25.1. The van der Waals surface area contributed by atoms with Crippen molar-refractivity contribution in [3.63, 3.8) is 0 Å². The number of allylic oxidation sites excluding steroid dienone is 1. The van der Waals surface area contributed by atoms with Crippen molar-refractivity contribution in [3.8, 4) is 0 Å². The number of hydrogen-bond donors (Lipinski definition) is 2. The molecule has 2 fully saturated rings. The van der Waals surface area contributed by atoms with E-state index in [0.717, 1.165) is 30.4 Å². The van der Waals surface area contributed by atoms with E-state index in [9.17, 15) is 29.6 Å². The first-order valence-corrected chi connectivity index (χ1v) is 15.3. The molecular weight excluding hydrogens is 570 g/mol. The highest BCUT2D eigenvalue weighted by Crippen LogP contribution is 2.50. The quantitative estimate of drug-likeness (QED) is 0.0590. The average Bonchev–Trinajstić information content (AvgIpc) is 3.52. The molecule has 5 rings (SSSR count). The van der Waals surface area contributed by atoms with E-state index in [-0.39, 0.29) is 24.6 Å². The molecule has 2 aliphatic heterocycles. The zero-order valence-electron chi connectivity index (χ0n) is 25.2. The second-order valence-corrected chi connectivity index (χ2v) is 11.6. The van der Waals surface area contributed by atoms with Gasteiger partial charge in [-0.1, -0.05) is 111 Å². The molecule has 45 heavy (non-hydrogen) atoms. The minimum atomic E-state index is -1.80. The molecule has 232 valence electrons. The van der Waals surface area contributed by atoms with E-state index in [2.05, 4.69) is 12.2 Å². The fourth-order valence-electron chi connectivity index (χ4n) is 6.39. The first-order chi connectivity index (χ1) is 21.7. The van der Waals surface area contributed by atoms with Crippen molar-refractivity contribution in [1.82, 2.24) is 10.2 Å². The van der Waals surface area contributed by atoms with E-state index in [4.69, 9.17) is 0 Å². The molecule has 9 nitrogen and oxygen atoms in total. The Bertz CT molecular complexity index is 1600. The van der Waals surface area contributed by atoms with E-state index in [1.165, 1.54) is 29.2 Å². The lowest BCUT2D eigenvalue weighted by Gasteiger charge is -2.31. The summed E-state index contributed by atoms with van der Waals surface area (Å²) >= 11 is 0. The van der Waals surface area contributed by atoms with Crippen molar-refractivity contribution in [2.75, 3.05) is 6.54 Å². The summed E-state index contributed by atoms with van der Waals surface area (Å²) in [7, 11) is 0. The number of carbonyl (C=O) groups is 3. The lowest BCUT2D eigenvalue weighted by molar-refractivity contribution is -0.384. The Labute approximate surface area is 262 Å². The van der Waals surface area contributed by atoms with Gasteiger partial charge in [0.1, 0.15) is 5.54 Å². The molecule has 2 saturated heterocycles. The number of non-ortho nitro benzene ring substituents is 1.